The van der Waals surface area contributed by atoms with Crippen LogP contribution in [0.3, 0.4) is 0 Å². The number of hydrogen-bond acceptors (Lipinski definition) is 4. The van der Waals surface area contributed by atoms with Crippen molar-refractivity contribution in [1.29, 1.82) is 0 Å². The highest BCUT2D eigenvalue weighted by Crippen LogP contribution is 2.31. The topological polar surface area (TPSA) is 50.8 Å². The molecule has 0 aliphatic carbocycles. The lowest BCUT2D eigenvalue weighted by Crippen LogP contribution is -2.30. The summed E-state index contributed by atoms with van der Waals surface area (Å²) in [5.41, 5.74) is 1.65. The van der Waals surface area contributed by atoms with Crippen LogP contribution in [0.2, 0.25) is 5.02 Å². The Kier molecular flexibility index (Phi) is 5.78. The van der Waals surface area contributed by atoms with Crippen molar-refractivity contribution in [2.24, 2.45) is 0 Å². The Balaban J connectivity index is 1.90. The van der Waals surface area contributed by atoms with Crippen molar-refractivity contribution in [2.45, 2.75) is 0 Å². The predicted octanol–water partition coefficient (Wildman–Crippen LogP) is 4.18. The molecule has 0 atom stereocenters. The summed E-state index contributed by atoms with van der Waals surface area (Å²) < 4.78 is 10.9. The number of benzene rings is 2. The zero-order valence-electron chi connectivity index (χ0n) is 14.6. The summed E-state index contributed by atoms with van der Waals surface area (Å²) in [6, 6.07) is 12.4. The molecule has 0 unspecified atom stereocenters. The number of thiocarbonyl (C=S) groups is 1. The van der Waals surface area contributed by atoms with Crippen LogP contribution in [-0.4, -0.2) is 24.7 Å². The number of nitrogens with one attached hydrogen (secondary N) is 1. The molecule has 1 amide bonds. The van der Waals surface area contributed by atoms with E-state index in [9.17, 15) is 4.79 Å². The number of carbonyl (C=O) groups excluding carboxylic acids is 1. The van der Waals surface area contributed by atoms with Gasteiger partial charge in [-0.1, -0.05) is 42.5 Å². The maximum absolute atomic E-state index is 12.8. The first-order valence-electron chi connectivity index (χ1n) is 8.08. The van der Waals surface area contributed by atoms with Gasteiger partial charge in [-0.25, -0.2) is 0 Å². The molecule has 1 heterocycles. The Morgan fingerprint density at radius 3 is 2.74 bits per heavy atom. The van der Waals surface area contributed by atoms with Crippen LogP contribution in [0.15, 0.2) is 60.8 Å². The van der Waals surface area contributed by atoms with Crippen LogP contribution in [0.1, 0.15) is 5.56 Å². The number of anilines is 1. The van der Waals surface area contributed by atoms with Gasteiger partial charge in [-0.15, -0.1) is 0 Å². The van der Waals surface area contributed by atoms with Crippen LogP contribution in [0.25, 0.3) is 6.08 Å². The molecule has 5 nitrogen and oxygen atoms in total. The van der Waals surface area contributed by atoms with Crippen molar-refractivity contribution in [3.8, 4) is 11.5 Å². The summed E-state index contributed by atoms with van der Waals surface area (Å²) >= 11 is 11.5. The molecule has 0 spiro atoms. The smallest absolute Gasteiger partial charge is 0.281 e. The van der Waals surface area contributed by atoms with Gasteiger partial charge in [0.25, 0.3) is 5.91 Å². The molecule has 3 rings (SSSR count). The fourth-order valence-corrected chi connectivity index (χ4v) is 3.11. The van der Waals surface area contributed by atoms with Crippen LogP contribution < -0.4 is 19.7 Å². The second kappa shape index (κ2) is 8.24. The van der Waals surface area contributed by atoms with Crippen molar-refractivity contribution in [1.82, 2.24) is 5.32 Å². The molecular formula is C20H17ClN2O3S. The summed E-state index contributed by atoms with van der Waals surface area (Å²) in [7, 11) is 1.56. The van der Waals surface area contributed by atoms with E-state index in [-0.39, 0.29) is 11.0 Å². The first-order valence-corrected chi connectivity index (χ1v) is 8.87. The second-order valence-corrected chi connectivity index (χ2v) is 6.38. The lowest BCUT2D eigenvalue weighted by Gasteiger charge is -2.15. The fraction of sp³-hybridized carbons (Fsp3) is 0.100. The predicted molar refractivity (Wildman–Crippen MR) is 111 cm³/mol. The van der Waals surface area contributed by atoms with Crippen molar-refractivity contribution >= 4 is 46.6 Å². The van der Waals surface area contributed by atoms with Crippen LogP contribution in [-0.2, 0) is 4.79 Å². The number of para-hydroxylation sites is 1. The number of amides is 1. The standard InChI is InChI=1S/C20H17ClN2O3S/c1-3-10-26-17-9-8-13(12-18(17)25-2)11-15-19(24)23(20(27)22-15)16-7-5-4-6-14(16)21/h3-9,11-12H,1,10H2,2H3,(H,22,27)/b15-11-. The SMILES string of the molecule is C=CCOc1ccc(/C=C2\NC(=S)N(c3ccccc3Cl)C2=O)cc1OC. The maximum Gasteiger partial charge on any atom is 0.281 e. The third kappa shape index (κ3) is 3.97. The average Bonchev–Trinajstić information content (AvgIpc) is 2.94. The monoisotopic (exact) mass is 400 g/mol. The Morgan fingerprint density at radius 2 is 2.04 bits per heavy atom. The summed E-state index contributed by atoms with van der Waals surface area (Å²) in [6.45, 7) is 4.00. The quantitative estimate of drug-likeness (QED) is 0.448. The van der Waals surface area contributed by atoms with Crippen molar-refractivity contribution < 1.29 is 14.3 Å². The molecule has 0 radical (unpaired) electrons. The number of rotatable bonds is 6. The molecule has 138 valence electrons. The minimum absolute atomic E-state index is 0.275. The summed E-state index contributed by atoms with van der Waals surface area (Å²) in [4.78, 5) is 14.2. The lowest BCUT2D eigenvalue weighted by molar-refractivity contribution is -0.113. The van der Waals surface area contributed by atoms with E-state index in [2.05, 4.69) is 11.9 Å². The molecule has 1 N–H and O–H groups in total. The van der Waals surface area contributed by atoms with Gasteiger partial charge in [0.1, 0.15) is 12.3 Å². The Hall–Kier alpha value is -2.83. The normalized spacial score (nSPS) is 15.0. The highest BCUT2D eigenvalue weighted by Gasteiger charge is 2.33. The van der Waals surface area contributed by atoms with Gasteiger partial charge in [-0.05, 0) is 48.1 Å². The van der Waals surface area contributed by atoms with Gasteiger partial charge in [0, 0.05) is 0 Å². The molecule has 1 aliphatic heterocycles. The molecule has 27 heavy (non-hydrogen) atoms. The van der Waals surface area contributed by atoms with Gasteiger partial charge in [-0.3, -0.25) is 9.69 Å². The molecule has 0 bridgehead atoms. The molecule has 2 aromatic rings. The van der Waals surface area contributed by atoms with E-state index in [1.165, 1.54) is 4.90 Å². The van der Waals surface area contributed by atoms with Gasteiger partial charge in [0.2, 0.25) is 0 Å². The zero-order chi connectivity index (χ0) is 19.4. The molecule has 1 saturated heterocycles. The molecule has 1 aliphatic rings. The molecule has 0 aromatic heterocycles. The van der Waals surface area contributed by atoms with Gasteiger partial charge < -0.3 is 14.8 Å². The maximum atomic E-state index is 12.8. The van der Waals surface area contributed by atoms with E-state index < -0.39 is 0 Å². The molecule has 7 heteroatoms. The van der Waals surface area contributed by atoms with E-state index >= 15 is 0 Å². The number of halogens is 1. The second-order valence-electron chi connectivity index (χ2n) is 5.59. The van der Waals surface area contributed by atoms with Gasteiger partial charge in [-0.2, -0.15) is 0 Å². The van der Waals surface area contributed by atoms with E-state index in [1.807, 2.05) is 6.07 Å². The average molecular weight is 401 g/mol. The number of ether oxygens (including phenoxy) is 2. The molecule has 0 saturated carbocycles. The summed E-state index contributed by atoms with van der Waals surface area (Å²) in [6.07, 6.45) is 3.35. The Labute approximate surface area is 167 Å². The van der Waals surface area contributed by atoms with Crippen LogP contribution >= 0.6 is 23.8 Å². The number of methoxy groups -OCH3 is 1. The van der Waals surface area contributed by atoms with Crippen LogP contribution in [0.5, 0.6) is 11.5 Å². The van der Waals surface area contributed by atoms with Crippen LogP contribution in [0.4, 0.5) is 5.69 Å². The number of carbonyl (C=O) groups is 1. The van der Waals surface area contributed by atoms with E-state index in [0.29, 0.717) is 34.5 Å². The number of nitrogens with zero attached hydrogens (tertiary/aromatic N) is 1. The zero-order valence-corrected chi connectivity index (χ0v) is 16.1. The highest BCUT2D eigenvalue weighted by atomic mass is 35.5. The van der Waals surface area contributed by atoms with E-state index in [0.717, 1.165) is 5.56 Å². The van der Waals surface area contributed by atoms with E-state index in [4.69, 9.17) is 33.3 Å². The molecule has 1 fully saturated rings. The Morgan fingerprint density at radius 1 is 1.26 bits per heavy atom. The minimum atomic E-state index is -0.279. The van der Waals surface area contributed by atoms with E-state index in [1.54, 1.807) is 55.7 Å². The fourth-order valence-electron chi connectivity index (χ4n) is 2.60. The van der Waals surface area contributed by atoms with Gasteiger partial charge >= 0.3 is 0 Å². The minimum Gasteiger partial charge on any atom is -0.493 e. The third-order valence-corrected chi connectivity index (χ3v) is 4.43. The van der Waals surface area contributed by atoms with Gasteiger partial charge in [0.15, 0.2) is 16.6 Å². The van der Waals surface area contributed by atoms with Gasteiger partial charge in [0.05, 0.1) is 17.8 Å². The highest BCUT2D eigenvalue weighted by molar-refractivity contribution is 7.80. The third-order valence-electron chi connectivity index (χ3n) is 3.83. The van der Waals surface area contributed by atoms with Crippen molar-refractivity contribution in [2.75, 3.05) is 18.6 Å². The lowest BCUT2D eigenvalue weighted by atomic mass is 10.1. The Bertz CT molecular complexity index is 943. The van der Waals surface area contributed by atoms with Crippen LogP contribution in [0, 0.1) is 0 Å². The molecule has 2 aromatic carbocycles. The largest absolute Gasteiger partial charge is 0.493 e. The first kappa shape index (κ1) is 18.9. The summed E-state index contributed by atoms with van der Waals surface area (Å²) in [5, 5.41) is 3.66. The summed E-state index contributed by atoms with van der Waals surface area (Å²) in [5.74, 6) is 0.875. The number of hydrogen-bond donors (Lipinski definition) is 1. The van der Waals surface area contributed by atoms with Crippen molar-refractivity contribution in [3.05, 3.63) is 71.4 Å². The van der Waals surface area contributed by atoms with Crippen molar-refractivity contribution in [3.63, 3.8) is 0 Å². The first-order chi connectivity index (χ1) is 13.0. The molecular weight excluding hydrogens is 384 g/mol.